The fourth-order valence-electron chi connectivity index (χ4n) is 3.06. The smallest absolute Gasteiger partial charge is 0.229 e. The Balaban J connectivity index is 1.54. The SMILES string of the molecule is Clc1ccc(C=NNc2cc(N3CCOCC3)nc(N3CCOCC3)n2)cc1. The molecule has 0 unspecified atom stereocenters. The van der Waals surface area contributed by atoms with Gasteiger partial charge in [-0.15, -0.1) is 0 Å². The molecule has 1 aromatic heterocycles. The van der Waals surface area contributed by atoms with Gasteiger partial charge in [0.05, 0.1) is 32.6 Å². The molecule has 0 saturated carbocycles. The third-order valence-electron chi connectivity index (χ3n) is 4.59. The first-order valence-electron chi connectivity index (χ1n) is 9.37. The lowest BCUT2D eigenvalue weighted by molar-refractivity contribution is 0.121. The van der Waals surface area contributed by atoms with Crippen LogP contribution in [-0.2, 0) is 9.47 Å². The molecular weight excluding hydrogens is 380 g/mol. The predicted molar refractivity (Wildman–Crippen MR) is 111 cm³/mol. The molecule has 0 spiro atoms. The molecule has 2 saturated heterocycles. The highest BCUT2D eigenvalue weighted by Gasteiger charge is 2.19. The summed E-state index contributed by atoms with van der Waals surface area (Å²) in [5.74, 6) is 2.23. The minimum Gasteiger partial charge on any atom is -0.378 e. The van der Waals surface area contributed by atoms with Gasteiger partial charge in [0.2, 0.25) is 5.95 Å². The van der Waals surface area contributed by atoms with E-state index in [4.69, 9.17) is 26.1 Å². The van der Waals surface area contributed by atoms with Crippen molar-refractivity contribution in [3.8, 4) is 0 Å². The van der Waals surface area contributed by atoms with Crippen LogP contribution >= 0.6 is 11.6 Å². The molecule has 4 rings (SSSR count). The van der Waals surface area contributed by atoms with Crippen LogP contribution in [0, 0.1) is 0 Å². The second-order valence-electron chi connectivity index (χ2n) is 6.53. The van der Waals surface area contributed by atoms with Crippen LogP contribution in [0.4, 0.5) is 17.6 Å². The zero-order chi connectivity index (χ0) is 19.2. The van der Waals surface area contributed by atoms with Gasteiger partial charge in [-0.1, -0.05) is 23.7 Å². The average Bonchev–Trinajstić information content (AvgIpc) is 2.76. The van der Waals surface area contributed by atoms with Crippen LogP contribution in [0.2, 0.25) is 5.02 Å². The molecule has 0 amide bonds. The summed E-state index contributed by atoms with van der Waals surface area (Å²) < 4.78 is 10.9. The molecule has 148 valence electrons. The number of morpholine rings is 2. The molecule has 3 heterocycles. The maximum Gasteiger partial charge on any atom is 0.229 e. The average molecular weight is 403 g/mol. The summed E-state index contributed by atoms with van der Waals surface area (Å²) in [5, 5.41) is 5.02. The number of anilines is 3. The van der Waals surface area contributed by atoms with E-state index in [9.17, 15) is 0 Å². The van der Waals surface area contributed by atoms with Gasteiger partial charge in [0.1, 0.15) is 5.82 Å². The van der Waals surface area contributed by atoms with Gasteiger partial charge in [0, 0.05) is 37.3 Å². The Morgan fingerprint density at radius 2 is 1.57 bits per heavy atom. The summed E-state index contributed by atoms with van der Waals surface area (Å²) in [7, 11) is 0. The number of halogens is 1. The summed E-state index contributed by atoms with van der Waals surface area (Å²) in [4.78, 5) is 13.8. The lowest BCUT2D eigenvalue weighted by atomic mass is 10.2. The van der Waals surface area contributed by atoms with Crippen molar-refractivity contribution in [3.63, 3.8) is 0 Å². The van der Waals surface area contributed by atoms with Crippen LogP contribution in [0.15, 0.2) is 35.4 Å². The van der Waals surface area contributed by atoms with Crippen LogP contribution in [-0.4, -0.2) is 68.8 Å². The Morgan fingerprint density at radius 1 is 0.929 bits per heavy atom. The van der Waals surface area contributed by atoms with Gasteiger partial charge in [0.15, 0.2) is 5.82 Å². The van der Waals surface area contributed by atoms with Crippen molar-refractivity contribution >= 4 is 35.4 Å². The third kappa shape index (κ3) is 4.89. The third-order valence-corrected chi connectivity index (χ3v) is 4.84. The topological polar surface area (TPSA) is 75.1 Å². The van der Waals surface area contributed by atoms with Gasteiger partial charge in [0.25, 0.3) is 0 Å². The molecule has 2 aliphatic heterocycles. The Morgan fingerprint density at radius 3 is 2.25 bits per heavy atom. The van der Waals surface area contributed by atoms with Crippen LogP contribution in [0.25, 0.3) is 0 Å². The minimum absolute atomic E-state index is 0.656. The molecule has 28 heavy (non-hydrogen) atoms. The number of benzene rings is 1. The first-order valence-corrected chi connectivity index (χ1v) is 9.75. The van der Waals surface area contributed by atoms with E-state index in [0.717, 1.165) is 37.6 Å². The summed E-state index contributed by atoms with van der Waals surface area (Å²) in [6, 6.07) is 9.41. The van der Waals surface area contributed by atoms with Gasteiger partial charge < -0.3 is 19.3 Å². The van der Waals surface area contributed by atoms with Crippen molar-refractivity contribution in [2.24, 2.45) is 5.10 Å². The fourth-order valence-corrected chi connectivity index (χ4v) is 3.19. The van der Waals surface area contributed by atoms with E-state index >= 15 is 0 Å². The minimum atomic E-state index is 0.656. The number of nitrogens with one attached hydrogen (secondary N) is 1. The van der Waals surface area contributed by atoms with Gasteiger partial charge in [-0.25, -0.2) is 0 Å². The van der Waals surface area contributed by atoms with Crippen LogP contribution in [0.3, 0.4) is 0 Å². The molecule has 2 aromatic rings. The van der Waals surface area contributed by atoms with Crippen molar-refractivity contribution in [1.29, 1.82) is 0 Å². The van der Waals surface area contributed by atoms with E-state index in [-0.39, 0.29) is 0 Å². The molecule has 0 aliphatic carbocycles. The fraction of sp³-hybridized carbons (Fsp3) is 0.421. The lowest BCUT2D eigenvalue weighted by Crippen LogP contribution is -2.39. The number of aromatic nitrogens is 2. The molecule has 8 nitrogen and oxygen atoms in total. The molecule has 0 atom stereocenters. The van der Waals surface area contributed by atoms with E-state index in [1.54, 1.807) is 6.21 Å². The standard InChI is InChI=1S/C19H23ClN6O2/c20-16-3-1-15(2-4-16)14-21-24-17-13-18(25-5-9-27-10-6-25)23-19(22-17)26-7-11-28-12-8-26/h1-4,13-14H,5-12H2,(H,22,23,24). The van der Waals surface area contributed by atoms with Crippen LogP contribution < -0.4 is 15.2 Å². The number of hydrogen-bond acceptors (Lipinski definition) is 8. The molecule has 2 aliphatic rings. The first kappa shape index (κ1) is 18.9. The molecular formula is C19H23ClN6O2. The second-order valence-corrected chi connectivity index (χ2v) is 6.97. The van der Waals surface area contributed by atoms with Gasteiger partial charge >= 0.3 is 0 Å². The molecule has 1 N–H and O–H groups in total. The summed E-state index contributed by atoms with van der Waals surface area (Å²) in [6.07, 6.45) is 1.74. The van der Waals surface area contributed by atoms with E-state index in [1.165, 1.54) is 0 Å². The Labute approximate surface area is 169 Å². The van der Waals surface area contributed by atoms with Crippen molar-refractivity contribution in [3.05, 3.63) is 40.9 Å². The maximum absolute atomic E-state index is 5.92. The number of ether oxygens (including phenoxy) is 2. The number of hydrogen-bond donors (Lipinski definition) is 1. The van der Waals surface area contributed by atoms with Crippen molar-refractivity contribution in [2.45, 2.75) is 0 Å². The number of hydrazone groups is 1. The summed E-state index contributed by atoms with van der Waals surface area (Å²) >= 11 is 5.92. The molecule has 9 heteroatoms. The van der Waals surface area contributed by atoms with Crippen molar-refractivity contribution in [1.82, 2.24) is 9.97 Å². The molecule has 1 aromatic carbocycles. The van der Waals surface area contributed by atoms with E-state index in [2.05, 4.69) is 25.3 Å². The van der Waals surface area contributed by atoms with E-state index in [1.807, 2.05) is 30.3 Å². The molecule has 0 radical (unpaired) electrons. The molecule has 0 bridgehead atoms. The van der Waals surface area contributed by atoms with Crippen molar-refractivity contribution < 1.29 is 9.47 Å². The highest BCUT2D eigenvalue weighted by Crippen LogP contribution is 2.22. The highest BCUT2D eigenvalue weighted by molar-refractivity contribution is 6.30. The summed E-state index contributed by atoms with van der Waals surface area (Å²) in [5.41, 5.74) is 3.99. The molecule has 2 fully saturated rings. The Hall–Kier alpha value is -2.42. The van der Waals surface area contributed by atoms with Gasteiger partial charge in [-0.3, -0.25) is 5.43 Å². The Kier molecular flexibility index (Phi) is 6.20. The Bertz CT molecular complexity index is 768. The van der Waals surface area contributed by atoms with Gasteiger partial charge in [-0.2, -0.15) is 15.1 Å². The number of rotatable bonds is 5. The number of nitrogens with zero attached hydrogens (tertiary/aromatic N) is 5. The van der Waals surface area contributed by atoms with E-state index < -0.39 is 0 Å². The van der Waals surface area contributed by atoms with Crippen LogP contribution in [0.1, 0.15) is 5.56 Å². The highest BCUT2D eigenvalue weighted by atomic mass is 35.5. The zero-order valence-corrected chi connectivity index (χ0v) is 16.3. The first-order chi connectivity index (χ1) is 13.8. The van der Waals surface area contributed by atoms with Crippen LogP contribution in [0.5, 0.6) is 0 Å². The van der Waals surface area contributed by atoms with E-state index in [0.29, 0.717) is 43.2 Å². The van der Waals surface area contributed by atoms with Crippen molar-refractivity contribution in [2.75, 3.05) is 67.8 Å². The second kappa shape index (κ2) is 9.18. The monoisotopic (exact) mass is 402 g/mol. The maximum atomic E-state index is 5.92. The largest absolute Gasteiger partial charge is 0.378 e. The van der Waals surface area contributed by atoms with Gasteiger partial charge in [-0.05, 0) is 17.7 Å². The quantitative estimate of drug-likeness (QED) is 0.607. The lowest BCUT2D eigenvalue weighted by Gasteiger charge is -2.31. The normalized spacial score (nSPS) is 17.9. The zero-order valence-electron chi connectivity index (χ0n) is 15.6. The predicted octanol–water partition coefficient (Wildman–Crippen LogP) is 2.25. The summed E-state index contributed by atoms with van der Waals surface area (Å²) in [6.45, 7) is 5.95.